The van der Waals surface area contributed by atoms with Crippen molar-refractivity contribution < 1.29 is 45.8 Å². The van der Waals surface area contributed by atoms with E-state index in [4.69, 9.17) is 10.8 Å². The Balaban J connectivity index is 1.69. The molecule has 9 nitrogen and oxygen atoms in total. The van der Waals surface area contributed by atoms with E-state index in [1.54, 1.807) is 30.3 Å². The zero-order valence-electron chi connectivity index (χ0n) is 22.5. The minimum atomic E-state index is -5.10. The summed E-state index contributed by atoms with van der Waals surface area (Å²) >= 11 is 0. The summed E-state index contributed by atoms with van der Waals surface area (Å²) in [5.41, 5.74) is 4.39. The predicted molar refractivity (Wildman–Crippen MR) is 142 cm³/mol. The number of nitrogens with one attached hydrogen (secondary N) is 1. The Morgan fingerprint density at radius 2 is 1.74 bits per heavy atom. The summed E-state index contributed by atoms with van der Waals surface area (Å²) in [4.78, 5) is 31.9. The van der Waals surface area contributed by atoms with Gasteiger partial charge >= 0.3 is 18.6 Å². The molecule has 1 aliphatic heterocycles. The lowest BCUT2D eigenvalue weighted by Crippen LogP contribution is -2.36. The Morgan fingerprint density at radius 3 is 2.33 bits per heavy atom. The number of likely N-dealkylation sites (tertiary alicyclic amines) is 1. The van der Waals surface area contributed by atoms with Crippen molar-refractivity contribution in [3.8, 4) is 5.75 Å². The number of hydrogen-bond donors (Lipinski definition) is 3. The molecule has 0 radical (unpaired) electrons. The fourth-order valence-electron chi connectivity index (χ4n) is 5.02. The average Bonchev–Trinajstić information content (AvgIpc) is 2.92. The highest BCUT2D eigenvalue weighted by molar-refractivity contribution is 5.75. The van der Waals surface area contributed by atoms with Crippen LogP contribution in [0, 0.1) is 0 Å². The van der Waals surface area contributed by atoms with Crippen LogP contribution in [0.25, 0.3) is 0 Å². The quantitative estimate of drug-likeness (QED) is 0.246. The lowest BCUT2D eigenvalue weighted by atomic mass is 9.89. The van der Waals surface area contributed by atoms with Crippen LogP contribution in [-0.2, 0) is 17.4 Å². The first-order chi connectivity index (χ1) is 20.2. The fourth-order valence-corrected chi connectivity index (χ4v) is 5.02. The van der Waals surface area contributed by atoms with Gasteiger partial charge in [-0.25, -0.2) is 14.8 Å². The molecule has 4 N–H and O–H groups in total. The third kappa shape index (κ3) is 8.49. The van der Waals surface area contributed by atoms with Crippen molar-refractivity contribution in [3.63, 3.8) is 0 Å². The van der Waals surface area contributed by atoms with E-state index >= 15 is 0 Å². The van der Waals surface area contributed by atoms with Gasteiger partial charge in [-0.2, -0.15) is 13.2 Å². The van der Waals surface area contributed by atoms with Gasteiger partial charge in [-0.05, 0) is 48.4 Å². The number of primary amides is 1. The van der Waals surface area contributed by atoms with E-state index in [9.17, 15) is 35.9 Å². The second kappa shape index (κ2) is 12.8. The van der Waals surface area contributed by atoms with Gasteiger partial charge in [-0.15, -0.1) is 13.2 Å². The Labute approximate surface area is 241 Å². The fraction of sp³-hybridized carbons (Fsp3) is 0.357. The Hall–Kier alpha value is -4.56. The Kier molecular flexibility index (Phi) is 9.30. The van der Waals surface area contributed by atoms with Crippen LogP contribution in [0.5, 0.6) is 5.75 Å². The van der Waals surface area contributed by atoms with E-state index in [1.807, 2.05) is 0 Å². The van der Waals surface area contributed by atoms with Crippen molar-refractivity contribution in [2.45, 2.75) is 50.1 Å². The molecule has 1 aliphatic rings. The molecule has 0 spiro atoms. The number of rotatable bonds is 9. The smallest absolute Gasteiger partial charge is 0.465 e. The first-order valence-corrected chi connectivity index (χ1v) is 13.1. The highest BCUT2D eigenvalue weighted by atomic mass is 19.4. The Bertz CT molecular complexity index is 1440. The molecule has 0 saturated carbocycles. The number of carboxylic acid groups (broad SMARTS) is 1. The van der Waals surface area contributed by atoms with Gasteiger partial charge in [0.25, 0.3) is 0 Å². The van der Waals surface area contributed by atoms with Crippen LogP contribution in [0.1, 0.15) is 53.5 Å². The number of hydrogen-bond acceptors (Lipinski definition) is 6. The van der Waals surface area contributed by atoms with Gasteiger partial charge < -0.3 is 25.8 Å². The van der Waals surface area contributed by atoms with Crippen LogP contribution in [0.4, 0.5) is 42.8 Å². The summed E-state index contributed by atoms with van der Waals surface area (Å²) < 4.78 is 86.2. The van der Waals surface area contributed by atoms with Gasteiger partial charge in [-0.3, -0.25) is 4.79 Å². The SMILES string of the molecule is NC(=O)CC(Cc1ccccc1)c1nc(Nc2ccc(C3CCN(C(=O)O)CC3)cc2OC(F)(F)F)ncc1C(F)(F)F. The lowest BCUT2D eigenvalue weighted by Gasteiger charge is -2.30. The molecule has 2 amide bonds. The molecule has 2 aromatic carbocycles. The van der Waals surface area contributed by atoms with Crippen LogP contribution in [0.3, 0.4) is 0 Å². The number of aromatic nitrogens is 2. The van der Waals surface area contributed by atoms with Crippen molar-refractivity contribution in [2.24, 2.45) is 5.73 Å². The standard InChI is InChI=1S/C28H27F6N5O4/c29-27(30,31)20-15-36-25(38-24(20)19(14-23(35)40)12-16-4-2-1-3-5-16)37-21-7-6-18(13-22(21)43-28(32,33)34)17-8-10-39(11-9-17)26(41)42/h1-7,13,15,17,19H,8-12,14H2,(H2,35,40)(H,41,42)(H,36,37,38). The number of carbonyl (C=O) groups excluding carboxylic acids is 1. The number of ether oxygens (including phenoxy) is 1. The highest BCUT2D eigenvalue weighted by Gasteiger charge is 2.38. The second-order valence-corrected chi connectivity index (χ2v) is 10.0. The molecular formula is C28H27F6N5O4. The summed E-state index contributed by atoms with van der Waals surface area (Å²) in [7, 11) is 0. The number of amides is 2. The van der Waals surface area contributed by atoms with Gasteiger partial charge in [0.1, 0.15) is 0 Å². The van der Waals surface area contributed by atoms with E-state index in [0.29, 0.717) is 30.2 Å². The molecule has 0 aliphatic carbocycles. The molecule has 1 atom stereocenters. The zero-order valence-corrected chi connectivity index (χ0v) is 22.5. The van der Waals surface area contributed by atoms with Crippen LogP contribution in [0.15, 0.2) is 54.7 Å². The molecule has 0 bridgehead atoms. The minimum Gasteiger partial charge on any atom is -0.465 e. The van der Waals surface area contributed by atoms with Gasteiger partial charge in [0, 0.05) is 31.6 Å². The molecule has 2 heterocycles. The van der Waals surface area contributed by atoms with Crippen molar-refractivity contribution in [3.05, 3.63) is 77.1 Å². The number of anilines is 2. The summed E-state index contributed by atoms with van der Waals surface area (Å²) in [6, 6.07) is 12.3. The summed E-state index contributed by atoms with van der Waals surface area (Å²) in [5, 5.41) is 11.7. The minimum absolute atomic E-state index is 0.0266. The largest absolute Gasteiger partial charge is 0.573 e. The van der Waals surface area contributed by atoms with E-state index in [-0.39, 0.29) is 31.1 Å². The molecule has 1 aromatic heterocycles. The molecule has 1 unspecified atom stereocenters. The first-order valence-electron chi connectivity index (χ1n) is 13.1. The maximum atomic E-state index is 14.0. The third-order valence-corrected chi connectivity index (χ3v) is 7.00. The number of alkyl halides is 6. The van der Waals surface area contributed by atoms with Crippen LogP contribution in [-0.4, -0.2) is 51.4 Å². The zero-order chi connectivity index (χ0) is 31.4. The number of nitrogens with two attached hydrogens (primary N) is 1. The molecule has 1 fully saturated rings. The number of piperidine rings is 1. The van der Waals surface area contributed by atoms with Gasteiger partial charge in [0.15, 0.2) is 5.75 Å². The van der Waals surface area contributed by atoms with Crippen molar-refractivity contribution >= 4 is 23.6 Å². The molecule has 4 rings (SSSR count). The lowest BCUT2D eigenvalue weighted by molar-refractivity contribution is -0.274. The maximum absolute atomic E-state index is 14.0. The predicted octanol–water partition coefficient (Wildman–Crippen LogP) is 6.20. The van der Waals surface area contributed by atoms with E-state index in [1.165, 1.54) is 17.0 Å². The summed E-state index contributed by atoms with van der Waals surface area (Å²) in [6.45, 7) is 0.403. The maximum Gasteiger partial charge on any atom is 0.573 e. The molecular weight excluding hydrogens is 584 g/mol. The number of nitrogens with zero attached hydrogens (tertiary/aromatic N) is 3. The van der Waals surface area contributed by atoms with Crippen molar-refractivity contribution in [2.75, 3.05) is 18.4 Å². The normalized spacial score (nSPS) is 15.2. The first kappa shape index (κ1) is 31.4. The molecule has 230 valence electrons. The highest BCUT2D eigenvalue weighted by Crippen LogP contribution is 2.39. The summed E-state index contributed by atoms with van der Waals surface area (Å²) in [5.74, 6) is -3.37. The molecule has 3 aromatic rings. The number of halogens is 6. The van der Waals surface area contributed by atoms with Crippen LogP contribution >= 0.6 is 0 Å². The van der Waals surface area contributed by atoms with Gasteiger partial charge in [0.05, 0.1) is 16.9 Å². The molecule has 43 heavy (non-hydrogen) atoms. The average molecular weight is 612 g/mol. The van der Waals surface area contributed by atoms with E-state index in [2.05, 4.69) is 20.0 Å². The van der Waals surface area contributed by atoms with Crippen LogP contribution in [0.2, 0.25) is 0 Å². The van der Waals surface area contributed by atoms with E-state index in [0.717, 1.165) is 6.07 Å². The van der Waals surface area contributed by atoms with E-state index < -0.39 is 59.8 Å². The van der Waals surface area contributed by atoms with Gasteiger partial charge in [0.2, 0.25) is 11.9 Å². The van der Waals surface area contributed by atoms with Crippen molar-refractivity contribution in [1.29, 1.82) is 0 Å². The monoisotopic (exact) mass is 611 g/mol. The van der Waals surface area contributed by atoms with Crippen molar-refractivity contribution in [1.82, 2.24) is 14.9 Å². The topological polar surface area (TPSA) is 131 Å². The van der Waals surface area contributed by atoms with Crippen LogP contribution < -0.4 is 15.8 Å². The number of benzene rings is 2. The molecule has 15 heteroatoms. The Morgan fingerprint density at radius 1 is 1.07 bits per heavy atom. The molecule has 1 saturated heterocycles. The second-order valence-electron chi connectivity index (χ2n) is 10.0. The van der Waals surface area contributed by atoms with Gasteiger partial charge in [-0.1, -0.05) is 36.4 Å². The number of carbonyl (C=O) groups is 2. The summed E-state index contributed by atoms with van der Waals surface area (Å²) in [6.07, 6.45) is -10.3. The third-order valence-electron chi connectivity index (χ3n) is 7.00.